The third-order valence-electron chi connectivity index (χ3n) is 2.48. The van der Waals surface area contributed by atoms with Gasteiger partial charge in [-0.05, 0) is 0 Å². The topological polar surface area (TPSA) is 182 Å². The first-order valence-corrected chi connectivity index (χ1v) is 5.61. The van der Waals surface area contributed by atoms with Gasteiger partial charge in [-0.15, -0.1) is 0 Å². The highest BCUT2D eigenvalue weighted by atomic mass is 16.7. The zero-order chi connectivity index (χ0) is 15.7. The molecule has 0 aromatic carbocycles. The average Bonchev–Trinajstić information content (AvgIpc) is 2.32. The maximum atomic E-state index is 8.66. The molecule has 0 aromatic rings. The Bertz CT molecular complexity index is 202. The summed E-state index contributed by atoms with van der Waals surface area (Å²) < 4.78 is 0. The van der Waals surface area contributed by atoms with Gasteiger partial charge >= 0.3 is 5.97 Å². The monoisotopic (exact) mass is 288 g/mol. The highest BCUT2D eigenvalue weighted by molar-refractivity contribution is 4.75. The quantitative estimate of drug-likeness (QED) is 0.211. The van der Waals surface area contributed by atoms with Crippen molar-refractivity contribution in [3.8, 4) is 0 Å². The van der Waals surface area contributed by atoms with Crippen LogP contribution in [0.1, 0.15) is 19.8 Å². The summed E-state index contributed by atoms with van der Waals surface area (Å²) >= 11 is 0. The van der Waals surface area contributed by atoms with Gasteiger partial charge in [-0.1, -0.05) is 13.3 Å². The predicted octanol–water partition coefficient (Wildman–Crippen LogP) is -3.96. The molecule has 0 fully saturated rings. The minimum atomic E-state index is -3.44. The van der Waals surface area contributed by atoms with Gasteiger partial charge < -0.3 is 46.0 Å². The largest absolute Gasteiger partial charge is 0.396 e. The SMILES string of the molecule is CCCC(O)(O)C(O)(O)O.OCC(CO)(CO)CO. The van der Waals surface area contributed by atoms with Crippen molar-refractivity contribution in [2.75, 3.05) is 26.4 Å². The van der Waals surface area contributed by atoms with E-state index in [1.807, 2.05) is 0 Å². The Balaban J connectivity index is 0. The molecule has 0 atom stereocenters. The van der Waals surface area contributed by atoms with Crippen LogP contribution in [0.25, 0.3) is 0 Å². The Morgan fingerprint density at radius 2 is 1.00 bits per heavy atom. The van der Waals surface area contributed by atoms with Crippen molar-refractivity contribution in [3.05, 3.63) is 0 Å². The summed E-state index contributed by atoms with van der Waals surface area (Å²) in [5.41, 5.74) is -1.11. The van der Waals surface area contributed by atoms with E-state index in [9.17, 15) is 0 Å². The molecule has 0 aromatic heterocycles. The van der Waals surface area contributed by atoms with Gasteiger partial charge in [0.15, 0.2) is 0 Å². The van der Waals surface area contributed by atoms with Crippen LogP contribution in [-0.4, -0.2) is 84.1 Å². The Morgan fingerprint density at radius 1 is 0.684 bits per heavy atom. The zero-order valence-corrected chi connectivity index (χ0v) is 10.8. The first-order valence-electron chi connectivity index (χ1n) is 5.61. The molecule has 19 heavy (non-hydrogen) atoms. The minimum Gasteiger partial charge on any atom is -0.396 e. The van der Waals surface area contributed by atoms with Crippen LogP contribution < -0.4 is 0 Å². The second-order valence-electron chi connectivity index (χ2n) is 4.33. The number of aliphatic hydroxyl groups excluding tert-OH is 4. The van der Waals surface area contributed by atoms with Crippen molar-refractivity contribution in [2.24, 2.45) is 5.41 Å². The van der Waals surface area contributed by atoms with Gasteiger partial charge in [-0.25, -0.2) is 0 Å². The standard InChI is InChI=1S/C5H12O5.C5H12O4/c1-2-3-4(6,7)5(8,9)10;6-1-5(2-7,3-8)4-9/h6-10H,2-3H2,1H3;6-9H,1-4H2. The van der Waals surface area contributed by atoms with E-state index < -0.39 is 43.6 Å². The van der Waals surface area contributed by atoms with Gasteiger partial charge in [-0.3, -0.25) is 0 Å². The molecule has 9 N–H and O–H groups in total. The summed E-state index contributed by atoms with van der Waals surface area (Å²) in [5, 5.41) is 76.2. The molecular weight excluding hydrogens is 264 g/mol. The molecule has 0 unspecified atom stereocenters. The van der Waals surface area contributed by atoms with Crippen LogP contribution >= 0.6 is 0 Å². The number of rotatable bonds is 7. The van der Waals surface area contributed by atoms with Crippen LogP contribution in [0.5, 0.6) is 0 Å². The molecular formula is C10H24O9. The van der Waals surface area contributed by atoms with Crippen LogP contribution in [0.4, 0.5) is 0 Å². The summed E-state index contributed by atoms with van der Waals surface area (Å²) in [6, 6.07) is 0. The fourth-order valence-corrected chi connectivity index (χ4v) is 0.816. The smallest absolute Gasteiger partial charge is 0.332 e. The third-order valence-corrected chi connectivity index (χ3v) is 2.48. The lowest BCUT2D eigenvalue weighted by Crippen LogP contribution is -2.54. The molecule has 0 aliphatic heterocycles. The lowest BCUT2D eigenvalue weighted by atomic mass is 9.93. The van der Waals surface area contributed by atoms with Crippen molar-refractivity contribution in [2.45, 2.75) is 31.5 Å². The van der Waals surface area contributed by atoms with E-state index in [4.69, 9.17) is 46.0 Å². The van der Waals surface area contributed by atoms with Gasteiger partial charge in [0.2, 0.25) is 5.79 Å². The van der Waals surface area contributed by atoms with Gasteiger partial charge in [0.05, 0.1) is 31.8 Å². The van der Waals surface area contributed by atoms with Crippen molar-refractivity contribution in [3.63, 3.8) is 0 Å². The van der Waals surface area contributed by atoms with E-state index in [0.717, 1.165) is 0 Å². The lowest BCUT2D eigenvalue weighted by molar-refractivity contribution is -0.447. The Hall–Kier alpha value is -0.360. The zero-order valence-electron chi connectivity index (χ0n) is 10.8. The van der Waals surface area contributed by atoms with Gasteiger partial charge in [0.25, 0.3) is 0 Å². The first-order chi connectivity index (χ1) is 8.55. The van der Waals surface area contributed by atoms with Gasteiger partial charge in [0.1, 0.15) is 0 Å². The molecule has 0 amide bonds. The van der Waals surface area contributed by atoms with E-state index in [1.165, 1.54) is 0 Å². The van der Waals surface area contributed by atoms with E-state index in [2.05, 4.69) is 0 Å². The molecule has 0 saturated heterocycles. The second kappa shape index (κ2) is 8.74. The summed E-state index contributed by atoms with van der Waals surface area (Å²) in [6.07, 6.45) is 0.00688. The van der Waals surface area contributed by atoms with Crippen molar-refractivity contribution < 1.29 is 46.0 Å². The Kier molecular flexibility index (Phi) is 9.64. The third kappa shape index (κ3) is 7.11. The van der Waals surface area contributed by atoms with E-state index in [-0.39, 0.29) is 6.42 Å². The van der Waals surface area contributed by atoms with Crippen LogP contribution in [-0.2, 0) is 0 Å². The molecule has 0 aliphatic rings. The molecule has 0 bridgehead atoms. The summed E-state index contributed by atoms with van der Waals surface area (Å²) in [5.74, 6) is -6.29. The molecule has 0 radical (unpaired) electrons. The molecule has 118 valence electrons. The van der Waals surface area contributed by atoms with E-state index >= 15 is 0 Å². The molecule has 0 saturated carbocycles. The molecule has 9 heteroatoms. The number of hydrogen-bond donors (Lipinski definition) is 9. The van der Waals surface area contributed by atoms with Crippen molar-refractivity contribution >= 4 is 0 Å². The Morgan fingerprint density at radius 3 is 1.05 bits per heavy atom. The molecule has 0 aliphatic carbocycles. The second-order valence-corrected chi connectivity index (χ2v) is 4.33. The molecule has 0 heterocycles. The normalized spacial score (nSPS) is 12.9. The number of hydrogen-bond acceptors (Lipinski definition) is 9. The van der Waals surface area contributed by atoms with Gasteiger partial charge in [-0.2, -0.15) is 0 Å². The fraction of sp³-hybridized carbons (Fsp3) is 1.00. The summed E-state index contributed by atoms with van der Waals surface area (Å²) in [6.45, 7) is -0.0209. The molecule has 0 rings (SSSR count). The minimum absolute atomic E-state index is 0.309. The maximum Gasteiger partial charge on any atom is 0.332 e. The van der Waals surface area contributed by atoms with Crippen LogP contribution in [0.3, 0.4) is 0 Å². The summed E-state index contributed by atoms with van der Waals surface area (Å²) in [4.78, 5) is 0. The highest BCUT2D eigenvalue weighted by Gasteiger charge is 2.45. The fourth-order valence-electron chi connectivity index (χ4n) is 0.816. The van der Waals surface area contributed by atoms with Crippen molar-refractivity contribution in [1.82, 2.24) is 0 Å². The molecule has 9 nitrogen and oxygen atoms in total. The predicted molar refractivity (Wildman–Crippen MR) is 62.2 cm³/mol. The lowest BCUT2D eigenvalue weighted by Gasteiger charge is -2.29. The van der Waals surface area contributed by atoms with Crippen LogP contribution in [0.2, 0.25) is 0 Å². The van der Waals surface area contributed by atoms with Crippen molar-refractivity contribution in [1.29, 1.82) is 0 Å². The highest BCUT2D eigenvalue weighted by Crippen LogP contribution is 2.19. The Labute approximate surface area is 110 Å². The van der Waals surface area contributed by atoms with Gasteiger partial charge in [0, 0.05) is 6.42 Å². The maximum absolute atomic E-state index is 8.66. The molecule has 0 spiro atoms. The van der Waals surface area contributed by atoms with Crippen LogP contribution in [0.15, 0.2) is 0 Å². The average molecular weight is 288 g/mol. The first kappa shape index (κ1) is 20.9. The number of aliphatic hydroxyl groups is 9. The summed E-state index contributed by atoms with van der Waals surface area (Å²) in [7, 11) is 0. The van der Waals surface area contributed by atoms with Crippen LogP contribution in [0, 0.1) is 5.41 Å². The van der Waals surface area contributed by atoms with E-state index in [0.29, 0.717) is 6.42 Å². The van der Waals surface area contributed by atoms with E-state index in [1.54, 1.807) is 6.92 Å².